The SMILES string of the molecule is CNc1ccccc1Nc1cccc(-c2nc(-c3ccccc3)nc(-c3ccc4c(c3)C3(c5ccccc5-c5ccccc53)c3cc(-c5ccccc5)ccc3-4)n2)c1. The van der Waals surface area contributed by atoms with Gasteiger partial charge in [-0.25, -0.2) is 15.0 Å². The van der Waals surface area contributed by atoms with Crippen molar-refractivity contribution < 1.29 is 0 Å². The lowest BCUT2D eigenvalue weighted by Gasteiger charge is -2.31. The summed E-state index contributed by atoms with van der Waals surface area (Å²) in [6.45, 7) is 0. The van der Waals surface area contributed by atoms with Crippen molar-refractivity contribution in [2.45, 2.75) is 5.41 Å². The summed E-state index contributed by atoms with van der Waals surface area (Å²) in [5.41, 5.74) is 17.7. The fourth-order valence-corrected chi connectivity index (χ4v) is 9.14. The summed E-state index contributed by atoms with van der Waals surface area (Å²) in [6, 6.07) is 69.0. The van der Waals surface area contributed by atoms with Crippen molar-refractivity contribution in [1.82, 2.24) is 15.0 Å². The number of hydrogen-bond acceptors (Lipinski definition) is 5. The molecular formula is C53H37N5. The van der Waals surface area contributed by atoms with Crippen LogP contribution in [0.1, 0.15) is 22.3 Å². The van der Waals surface area contributed by atoms with E-state index >= 15 is 0 Å². The van der Waals surface area contributed by atoms with Crippen LogP contribution in [0.15, 0.2) is 194 Å². The van der Waals surface area contributed by atoms with Crippen LogP contribution in [-0.4, -0.2) is 22.0 Å². The lowest BCUT2D eigenvalue weighted by molar-refractivity contribution is 0.794. The van der Waals surface area contributed by atoms with Crippen molar-refractivity contribution in [3.63, 3.8) is 0 Å². The number of rotatable bonds is 7. The summed E-state index contributed by atoms with van der Waals surface area (Å²) < 4.78 is 0. The van der Waals surface area contributed by atoms with Gasteiger partial charge < -0.3 is 10.6 Å². The van der Waals surface area contributed by atoms with E-state index in [1.54, 1.807) is 0 Å². The van der Waals surface area contributed by atoms with Gasteiger partial charge in [-0.15, -0.1) is 0 Å². The van der Waals surface area contributed by atoms with Crippen LogP contribution in [0.2, 0.25) is 0 Å². The molecule has 1 spiro atoms. The largest absolute Gasteiger partial charge is 0.386 e. The van der Waals surface area contributed by atoms with Gasteiger partial charge in [-0.3, -0.25) is 0 Å². The number of benzene rings is 8. The Morgan fingerprint density at radius 1 is 0.345 bits per heavy atom. The zero-order chi connectivity index (χ0) is 38.6. The van der Waals surface area contributed by atoms with E-state index in [1.807, 2.05) is 43.4 Å². The monoisotopic (exact) mass is 743 g/mol. The first-order valence-corrected chi connectivity index (χ1v) is 19.7. The molecule has 8 aromatic carbocycles. The Balaban J connectivity index is 1.11. The highest BCUT2D eigenvalue weighted by atomic mass is 15.0. The fraction of sp³-hybridized carbons (Fsp3) is 0.0377. The molecule has 9 aromatic rings. The maximum Gasteiger partial charge on any atom is 0.164 e. The summed E-state index contributed by atoms with van der Waals surface area (Å²) >= 11 is 0. The van der Waals surface area contributed by atoms with Gasteiger partial charge in [-0.1, -0.05) is 158 Å². The normalized spacial score (nSPS) is 12.7. The Bertz CT molecular complexity index is 2980. The standard InChI is InChI=1S/C53H37N5/c1-54-48-25-12-13-26-49(48)55-39-20-14-19-37(31-39)51-56-50(35-17-6-3-7-18-35)57-52(58-51)38-28-30-43-42-29-27-36(34-15-4-2-5-16-34)32-46(42)53(47(43)33-38)44-23-10-8-21-40(44)41-22-9-11-24-45(41)53/h2-33,54-55H,1H3. The fourth-order valence-electron chi connectivity index (χ4n) is 9.14. The van der Waals surface area contributed by atoms with Gasteiger partial charge in [0.05, 0.1) is 16.8 Å². The minimum Gasteiger partial charge on any atom is -0.386 e. The molecule has 1 aromatic heterocycles. The third-order valence-corrected chi connectivity index (χ3v) is 11.7. The van der Waals surface area contributed by atoms with Crippen LogP contribution < -0.4 is 10.6 Å². The maximum atomic E-state index is 5.25. The van der Waals surface area contributed by atoms with E-state index in [0.29, 0.717) is 17.5 Å². The summed E-state index contributed by atoms with van der Waals surface area (Å²) in [6.07, 6.45) is 0. The van der Waals surface area contributed by atoms with Crippen LogP contribution in [-0.2, 0) is 5.41 Å². The Kier molecular flexibility index (Phi) is 7.86. The van der Waals surface area contributed by atoms with Crippen molar-refractivity contribution in [3.05, 3.63) is 216 Å². The second-order valence-corrected chi connectivity index (χ2v) is 14.9. The van der Waals surface area contributed by atoms with Gasteiger partial charge in [0.2, 0.25) is 0 Å². The highest BCUT2D eigenvalue weighted by Crippen LogP contribution is 2.63. The molecule has 0 amide bonds. The number of hydrogen-bond donors (Lipinski definition) is 2. The molecule has 2 aliphatic carbocycles. The number of aromatic nitrogens is 3. The highest BCUT2D eigenvalue weighted by Gasteiger charge is 2.51. The van der Waals surface area contributed by atoms with E-state index in [1.165, 1.54) is 55.6 Å². The molecule has 1 heterocycles. The molecule has 5 heteroatoms. The van der Waals surface area contributed by atoms with Crippen LogP contribution in [0.3, 0.4) is 0 Å². The zero-order valence-corrected chi connectivity index (χ0v) is 31.8. The van der Waals surface area contributed by atoms with Gasteiger partial charge in [0.15, 0.2) is 17.5 Å². The third-order valence-electron chi connectivity index (χ3n) is 11.7. The predicted octanol–water partition coefficient (Wildman–Crippen LogP) is 12.7. The molecule has 0 saturated heterocycles. The molecule has 274 valence electrons. The summed E-state index contributed by atoms with van der Waals surface area (Å²) in [7, 11) is 1.93. The molecule has 0 aliphatic heterocycles. The van der Waals surface area contributed by atoms with Gasteiger partial charge in [-0.05, 0) is 92.0 Å². The van der Waals surface area contributed by atoms with E-state index in [9.17, 15) is 0 Å². The minimum absolute atomic E-state index is 0.527. The molecule has 0 bridgehead atoms. The van der Waals surface area contributed by atoms with Crippen LogP contribution in [0.5, 0.6) is 0 Å². The zero-order valence-electron chi connectivity index (χ0n) is 31.8. The summed E-state index contributed by atoms with van der Waals surface area (Å²) in [5, 5.41) is 6.87. The van der Waals surface area contributed by atoms with Gasteiger partial charge in [0.25, 0.3) is 0 Å². The Morgan fingerprint density at radius 3 is 1.45 bits per heavy atom. The van der Waals surface area contributed by atoms with E-state index in [-0.39, 0.29) is 0 Å². The summed E-state index contributed by atoms with van der Waals surface area (Å²) in [4.78, 5) is 15.5. The first-order valence-electron chi connectivity index (χ1n) is 19.7. The first kappa shape index (κ1) is 33.7. The van der Waals surface area contributed by atoms with Crippen molar-refractivity contribution in [3.8, 4) is 67.5 Å². The smallest absolute Gasteiger partial charge is 0.164 e. The van der Waals surface area contributed by atoms with Crippen molar-refractivity contribution in [1.29, 1.82) is 0 Å². The molecule has 0 radical (unpaired) electrons. The second-order valence-electron chi connectivity index (χ2n) is 14.9. The topological polar surface area (TPSA) is 62.7 Å². The van der Waals surface area contributed by atoms with Crippen LogP contribution in [0.25, 0.3) is 67.5 Å². The highest BCUT2D eigenvalue weighted by molar-refractivity contribution is 5.96. The molecule has 2 N–H and O–H groups in total. The van der Waals surface area contributed by atoms with Gasteiger partial charge >= 0.3 is 0 Å². The molecule has 0 unspecified atom stereocenters. The summed E-state index contributed by atoms with van der Waals surface area (Å²) in [5.74, 6) is 1.86. The minimum atomic E-state index is -0.527. The molecule has 0 atom stereocenters. The molecular weight excluding hydrogens is 707 g/mol. The third kappa shape index (κ3) is 5.28. The van der Waals surface area contributed by atoms with Crippen LogP contribution in [0.4, 0.5) is 17.1 Å². The van der Waals surface area contributed by atoms with Gasteiger partial charge in [-0.2, -0.15) is 0 Å². The Labute approximate surface area is 337 Å². The Hall–Kier alpha value is -7.63. The molecule has 11 rings (SSSR count). The number of nitrogens with zero attached hydrogens (tertiary/aromatic N) is 3. The maximum absolute atomic E-state index is 5.25. The van der Waals surface area contributed by atoms with Gasteiger partial charge in [0, 0.05) is 29.4 Å². The van der Waals surface area contributed by atoms with Crippen molar-refractivity contribution in [2.24, 2.45) is 0 Å². The van der Waals surface area contributed by atoms with Crippen LogP contribution >= 0.6 is 0 Å². The second kappa shape index (κ2) is 13.5. The Morgan fingerprint density at radius 2 is 0.810 bits per heavy atom. The lowest BCUT2D eigenvalue weighted by atomic mass is 9.70. The molecule has 5 nitrogen and oxygen atoms in total. The number of para-hydroxylation sites is 2. The quantitative estimate of drug-likeness (QED) is 0.170. The average Bonchev–Trinajstić information content (AvgIpc) is 3.76. The number of anilines is 3. The molecule has 0 saturated carbocycles. The number of fused-ring (bicyclic) bond motifs is 10. The van der Waals surface area contributed by atoms with E-state index in [0.717, 1.165) is 33.8 Å². The van der Waals surface area contributed by atoms with Crippen molar-refractivity contribution in [2.75, 3.05) is 17.7 Å². The predicted molar refractivity (Wildman–Crippen MR) is 237 cm³/mol. The molecule has 2 aliphatic rings. The van der Waals surface area contributed by atoms with E-state index in [2.05, 4.69) is 168 Å². The van der Waals surface area contributed by atoms with E-state index in [4.69, 9.17) is 15.0 Å². The van der Waals surface area contributed by atoms with Crippen molar-refractivity contribution >= 4 is 17.1 Å². The lowest BCUT2D eigenvalue weighted by Crippen LogP contribution is -2.26. The van der Waals surface area contributed by atoms with Gasteiger partial charge in [0.1, 0.15) is 0 Å². The van der Waals surface area contributed by atoms with Crippen LogP contribution in [0, 0.1) is 0 Å². The average molecular weight is 744 g/mol. The first-order chi connectivity index (χ1) is 28.7. The number of nitrogens with one attached hydrogen (secondary N) is 2. The molecule has 58 heavy (non-hydrogen) atoms. The molecule has 0 fully saturated rings. The van der Waals surface area contributed by atoms with E-state index < -0.39 is 5.41 Å².